The zero-order chi connectivity index (χ0) is 92.9. The zero-order valence-electron chi connectivity index (χ0n) is 78.4. The molecule has 0 aliphatic rings. The number of unbranched alkanes of at least 4 members (excludes halogenated alkanes) is 5. The maximum Gasteiger partial charge on any atom is 1.00 e. The van der Waals surface area contributed by atoms with E-state index in [0.717, 1.165) is 141 Å². The number of nitrogens with one attached hydrogen (secondary N) is 3. The third-order valence-electron chi connectivity index (χ3n) is 15.1. The van der Waals surface area contributed by atoms with Crippen molar-refractivity contribution in [1.82, 2.24) is 25.8 Å². The number of nitrogens with two attached hydrogens (primary N) is 2. The molecule has 0 heterocycles. The first kappa shape index (κ1) is 125. The summed E-state index contributed by atoms with van der Waals surface area (Å²) in [6.45, 7) is 35.0. The van der Waals surface area contributed by atoms with Crippen LogP contribution in [0.1, 0.15) is 236 Å². The minimum atomic E-state index is -1.06. The number of benzene rings is 5. The van der Waals surface area contributed by atoms with E-state index in [2.05, 4.69) is 122 Å². The number of thioether (sulfide) groups is 4. The average Bonchev–Trinajstić information content (AvgIpc) is 0.937. The largest absolute Gasteiger partial charge is 1.00 e. The molecule has 5 rings (SSSR count). The molecule has 124 heavy (non-hydrogen) atoms. The van der Waals surface area contributed by atoms with Gasteiger partial charge in [-0.05, 0) is 346 Å². The van der Waals surface area contributed by atoms with Crippen molar-refractivity contribution >= 4 is 134 Å². The van der Waals surface area contributed by atoms with E-state index in [4.69, 9.17) is 35.2 Å². The van der Waals surface area contributed by atoms with Crippen LogP contribution < -0.4 is 78.8 Å². The number of ether oxygens (including phenoxy) is 6. The third-order valence-corrected chi connectivity index (χ3v) is 19.9. The molecule has 0 radical (unpaired) electrons. The van der Waals surface area contributed by atoms with Crippen LogP contribution in [-0.2, 0) is 74.9 Å². The molecule has 0 fully saturated rings. The normalized spacial score (nSPS) is 10.7. The van der Waals surface area contributed by atoms with Crippen LogP contribution in [0.25, 0.3) is 0 Å². The van der Waals surface area contributed by atoms with Crippen molar-refractivity contribution in [2.24, 2.45) is 11.5 Å². The van der Waals surface area contributed by atoms with E-state index in [1.54, 1.807) is 124 Å². The van der Waals surface area contributed by atoms with Crippen molar-refractivity contribution in [1.29, 1.82) is 0 Å². The SMILES string of the molecule is CC(=O)CCBr.CC(=O)CCSc1ccc(CCCCN)cc1.CC(=O)CCSc1ccc(CCCCNC(=O)OC(C)(C)C)cc1.CC(C)(C)OC(=O)NCCCCc1ccc(S)cc1.CC(C)(C)OC(=O)OC(=O)OC(C)(C)C.CN(C)C(=O)Sc1ccc(CCCCN)cc1.CN(C)C(=O)Sc1ccc(CCCCNC(=O)OC(C)(C)C)cc1.[K+].[OH-]. The van der Waals surface area contributed by atoms with Gasteiger partial charge >= 0.3 is 82.0 Å². The Morgan fingerprint density at radius 1 is 0.363 bits per heavy atom. The molecule has 0 bridgehead atoms. The first-order valence-corrected chi connectivity index (χ1v) is 46.8. The van der Waals surface area contributed by atoms with E-state index in [-0.39, 0.29) is 103 Å². The second-order valence-electron chi connectivity index (χ2n) is 33.7. The van der Waals surface area contributed by atoms with Crippen LogP contribution in [0.4, 0.5) is 33.6 Å². The number of thiol groups is 1. The number of alkyl carbamates (subject to hydrolysis) is 3. The molecular formula is C93H147BrKN7O17S5. The zero-order valence-corrected chi connectivity index (χ0v) is 87.3. The number of carbonyl (C=O) groups is 10. The number of Topliss-reactive ketones (excluding diaryl/α,β-unsaturated/α-hetero) is 3. The Bertz CT molecular complexity index is 3730. The Morgan fingerprint density at radius 2 is 0.597 bits per heavy atom. The second-order valence-corrected chi connectivity index (χ2v) is 39.4. The van der Waals surface area contributed by atoms with Gasteiger partial charge in [-0.25, -0.2) is 24.0 Å². The number of ketones is 3. The van der Waals surface area contributed by atoms with Gasteiger partial charge in [0.25, 0.3) is 10.5 Å². The third kappa shape index (κ3) is 80.9. The minimum absolute atomic E-state index is 0. The van der Waals surface area contributed by atoms with E-state index in [0.29, 0.717) is 38.9 Å². The fourth-order valence-electron chi connectivity index (χ4n) is 9.19. The quantitative estimate of drug-likeness (QED) is 0.00321. The van der Waals surface area contributed by atoms with Crippen molar-refractivity contribution in [3.05, 3.63) is 149 Å². The molecule has 5 aromatic rings. The van der Waals surface area contributed by atoms with Crippen LogP contribution in [0.2, 0.25) is 0 Å². The van der Waals surface area contributed by atoms with Gasteiger partial charge in [-0.1, -0.05) is 76.6 Å². The number of hydrogen-bond acceptors (Lipinski definition) is 24. The monoisotopic (exact) mass is 1910 g/mol. The summed E-state index contributed by atoms with van der Waals surface area (Å²) in [5, 5.41) is 9.17. The Balaban J connectivity index is -0.000000690. The molecule has 5 aromatic carbocycles. The van der Waals surface area contributed by atoms with Crippen LogP contribution in [-0.4, -0.2) is 179 Å². The summed E-state index contributed by atoms with van der Waals surface area (Å²) in [5.41, 5.74) is 14.7. The summed E-state index contributed by atoms with van der Waals surface area (Å²) in [6, 6.07) is 41.5. The number of carbonyl (C=O) groups excluding carboxylic acids is 10. The van der Waals surface area contributed by atoms with E-state index in [1.807, 2.05) is 111 Å². The molecule has 0 aliphatic carbocycles. The summed E-state index contributed by atoms with van der Waals surface area (Å²) in [6.07, 6.45) is 14.1. The minimum Gasteiger partial charge on any atom is -0.870 e. The van der Waals surface area contributed by atoms with Gasteiger partial charge < -0.3 is 71.1 Å². The molecule has 0 atom stereocenters. The predicted molar refractivity (Wildman–Crippen MR) is 511 cm³/mol. The van der Waals surface area contributed by atoms with Crippen LogP contribution >= 0.6 is 75.6 Å². The Hall–Kier alpha value is -5.65. The first-order valence-electron chi connectivity index (χ1n) is 41.6. The average molecular weight is 1910 g/mol. The Morgan fingerprint density at radius 3 is 0.806 bits per heavy atom. The molecular weight excluding hydrogens is 1770 g/mol. The molecule has 24 nitrogen and oxygen atoms in total. The van der Waals surface area contributed by atoms with E-state index in [1.165, 1.54) is 61.1 Å². The molecule has 31 heteroatoms. The summed E-state index contributed by atoms with van der Waals surface area (Å²) < 4.78 is 29.3. The molecule has 5 amide bonds. The van der Waals surface area contributed by atoms with Crippen LogP contribution in [0.5, 0.6) is 0 Å². The molecule has 0 spiro atoms. The molecule has 8 N–H and O–H groups in total. The van der Waals surface area contributed by atoms with E-state index >= 15 is 0 Å². The molecule has 0 saturated carbocycles. The fourth-order valence-corrected chi connectivity index (χ4v) is 13.1. The van der Waals surface area contributed by atoms with Gasteiger partial charge in [-0.15, -0.1) is 36.2 Å². The van der Waals surface area contributed by atoms with Gasteiger partial charge in [-0.2, -0.15) is 0 Å². The fraction of sp³-hybridized carbons (Fsp3) is 0.570. The summed E-state index contributed by atoms with van der Waals surface area (Å²) in [7, 11) is 7.01. The van der Waals surface area contributed by atoms with Gasteiger partial charge in [0.05, 0.1) is 0 Å². The second kappa shape index (κ2) is 71.2. The van der Waals surface area contributed by atoms with Gasteiger partial charge in [0.15, 0.2) is 0 Å². The van der Waals surface area contributed by atoms with Gasteiger partial charge in [-0.3, -0.25) is 24.0 Å². The summed E-state index contributed by atoms with van der Waals surface area (Å²) in [5.74, 6) is 2.45. The molecule has 0 aromatic heterocycles. The molecule has 0 saturated heterocycles. The van der Waals surface area contributed by atoms with Gasteiger partial charge in [0.1, 0.15) is 45.4 Å². The van der Waals surface area contributed by atoms with Crippen LogP contribution in [0, 0.1) is 0 Å². The molecule has 694 valence electrons. The van der Waals surface area contributed by atoms with Crippen molar-refractivity contribution in [2.75, 3.05) is 77.8 Å². The van der Waals surface area contributed by atoms with E-state index < -0.39 is 40.3 Å². The molecule has 0 unspecified atom stereocenters. The predicted octanol–water partition coefficient (Wildman–Crippen LogP) is 19.6. The number of nitrogens with zero attached hydrogens (tertiary/aromatic N) is 2. The Labute approximate surface area is 816 Å². The summed E-state index contributed by atoms with van der Waals surface area (Å²) >= 11 is 13.3. The smallest absolute Gasteiger partial charge is 0.870 e. The maximum absolute atomic E-state index is 11.6. The number of aryl methyl sites for hydroxylation is 5. The van der Waals surface area contributed by atoms with Crippen molar-refractivity contribution in [2.45, 2.75) is 293 Å². The van der Waals surface area contributed by atoms with Gasteiger partial charge in [0.2, 0.25) is 0 Å². The number of halogens is 1. The van der Waals surface area contributed by atoms with E-state index in [9.17, 15) is 47.9 Å². The summed E-state index contributed by atoms with van der Waals surface area (Å²) in [4.78, 5) is 120. The van der Waals surface area contributed by atoms with Crippen molar-refractivity contribution < 1.29 is 133 Å². The maximum atomic E-state index is 11.6. The van der Waals surface area contributed by atoms with Crippen molar-refractivity contribution in [3.8, 4) is 0 Å². The number of alkyl halides is 1. The number of hydrogen-bond donors (Lipinski definition) is 6. The number of amides is 5. The van der Waals surface area contributed by atoms with Crippen LogP contribution in [0.3, 0.4) is 0 Å². The number of rotatable bonds is 35. The standard InChI is InChI=1S/C19H29NO3S.C18H28N2O3S.C15H23NO2S.C14H21NOS.C13H20N2OS.C10H18O5.C4H7BrO.K.H2O/c1-15(21)12-14-24-17-10-8-16(9-11-17)7-5-6-13-20-18(22)23-19(2,3)4;1-18(2,3)23-16(21)19-13-7-6-8-14-9-11-15(12-10-14)24-17(22)20(4)5;1-15(2,3)18-14(17)16-11-5-4-6-12-7-9-13(19)10-8-12;1-12(16)9-11-17-14-7-5-13(6-8-14)4-2-3-10-15;1-15(2)13(16)17-12-8-6-11(7-9-12)5-3-4-10-14;1-9(2,3)14-7(11)13-8(12)15-10(4,5)6;1-4(6)2-3-5;;/h8-11H,5-7,12-14H2,1-4H3,(H,20,22);9-12H,6-8,13H2,1-5H3,(H,19,21);7-10,19H,4-6,11H2,1-3H3,(H,16,17);5-8H,2-4,9-11,15H2,1H3;6-9H,3-5,10,14H2,1-2H3;1-6H3;2-3H2,1H3;;1H2/q;;;;;;;+1;/p-1. The Kier molecular flexibility index (Phi) is 71.6. The molecule has 0 aliphatic heterocycles. The first-order chi connectivity index (χ1) is 56.9. The van der Waals surface area contributed by atoms with Crippen LogP contribution in [0.15, 0.2) is 146 Å². The topological polar surface area (TPSA) is 351 Å². The van der Waals surface area contributed by atoms with Crippen molar-refractivity contribution in [3.63, 3.8) is 0 Å². The van der Waals surface area contributed by atoms with Gasteiger partial charge in [0, 0.05) is 108 Å².